The van der Waals surface area contributed by atoms with Gasteiger partial charge >= 0.3 is 6.18 Å². The number of rotatable bonds is 4. The first kappa shape index (κ1) is 20.2. The maximum Gasteiger partial charge on any atom is 0.451 e. The number of carbonyl (C=O) groups is 1. The average Bonchev–Trinajstić information content (AvgIpc) is 2.89. The minimum absolute atomic E-state index is 0.0432. The van der Waals surface area contributed by atoms with Crippen LogP contribution in [-0.4, -0.2) is 38.2 Å². The Morgan fingerprint density at radius 1 is 1.21 bits per heavy atom. The number of fused-ring (bicyclic) bond motifs is 1. The van der Waals surface area contributed by atoms with Crippen molar-refractivity contribution in [1.82, 2.24) is 19.7 Å². The summed E-state index contributed by atoms with van der Waals surface area (Å²) >= 11 is 0. The van der Waals surface area contributed by atoms with E-state index in [-0.39, 0.29) is 43.9 Å². The van der Waals surface area contributed by atoms with Crippen LogP contribution in [0.4, 0.5) is 22.0 Å². The summed E-state index contributed by atoms with van der Waals surface area (Å²) in [6.07, 6.45) is -4.52. The lowest BCUT2D eigenvalue weighted by Crippen LogP contribution is -2.36. The van der Waals surface area contributed by atoms with Crippen LogP contribution in [0.1, 0.15) is 30.1 Å². The molecule has 6 nitrogen and oxygen atoms in total. The molecule has 1 aromatic heterocycles. The average molecular weight is 403 g/mol. The van der Waals surface area contributed by atoms with Gasteiger partial charge in [0.05, 0.1) is 6.54 Å². The van der Waals surface area contributed by atoms with Gasteiger partial charge < -0.3 is 15.2 Å². The number of halogens is 5. The van der Waals surface area contributed by atoms with Crippen molar-refractivity contribution >= 4 is 5.91 Å². The summed E-state index contributed by atoms with van der Waals surface area (Å²) in [6, 6.07) is 2.22. The van der Waals surface area contributed by atoms with E-state index in [0.717, 1.165) is 22.8 Å². The molecule has 3 rings (SSSR count). The molecule has 1 unspecified atom stereocenters. The molecule has 2 aromatic rings. The van der Waals surface area contributed by atoms with E-state index in [0.29, 0.717) is 6.42 Å². The van der Waals surface area contributed by atoms with E-state index < -0.39 is 35.6 Å². The maximum absolute atomic E-state index is 13.7. The number of alkyl halides is 3. The second-order valence-corrected chi connectivity index (χ2v) is 6.66. The van der Waals surface area contributed by atoms with Crippen LogP contribution < -0.4 is 5.73 Å². The van der Waals surface area contributed by atoms with Crippen molar-refractivity contribution in [3.8, 4) is 0 Å². The number of hydrogen-bond acceptors (Lipinski definition) is 4. The van der Waals surface area contributed by atoms with Gasteiger partial charge in [-0.1, -0.05) is 0 Å². The van der Waals surface area contributed by atoms with E-state index >= 15 is 0 Å². The van der Waals surface area contributed by atoms with E-state index in [2.05, 4.69) is 10.2 Å². The molecule has 152 valence electrons. The predicted octanol–water partition coefficient (Wildman–Crippen LogP) is 2.27. The fraction of sp³-hybridized carbons (Fsp3) is 0.471. The maximum atomic E-state index is 13.7. The number of hydrogen-bond donors (Lipinski definition) is 1. The topological polar surface area (TPSA) is 77.0 Å². The number of carbonyl (C=O) groups excluding carboxylic acids is 1. The third kappa shape index (κ3) is 4.46. The Labute approximate surface area is 157 Å². The standard InChI is InChI=1S/C17H18F5N5O/c18-11-2-3-13(19)10(6-11)7-12(23)8-15(28)26-4-1-5-27-14(9-26)24-25-16(27)17(20,21)22/h2-3,6,12H,1,4-5,7-9,23H2. The SMILES string of the molecule is NC(CC(=O)N1CCCn2c(nnc2C(F)(F)F)C1)Cc1cc(F)ccc1F. The van der Waals surface area contributed by atoms with Crippen LogP contribution in [0.3, 0.4) is 0 Å². The van der Waals surface area contributed by atoms with Crippen molar-refractivity contribution < 1.29 is 26.7 Å². The van der Waals surface area contributed by atoms with Crippen LogP contribution in [-0.2, 0) is 30.5 Å². The first-order valence-corrected chi connectivity index (χ1v) is 8.61. The van der Waals surface area contributed by atoms with Crippen LogP contribution in [0.5, 0.6) is 0 Å². The van der Waals surface area contributed by atoms with Gasteiger partial charge in [0, 0.05) is 25.6 Å². The van der Waals surface area contributed by atoms with Crippen LogP contribution in [0.15, 0.2) is 18.2 Å². The summed E-state index contributed by atoms with van der Waals surface area (Å²) in [4.78, 5) is 13.9. The van der Waals surface area contributed by atoms with E-state index in [1.807, 2.05) is 0 Å². The minimum Gasteiger partial charge on any atom is -0.335 e. The third-order valence-electron chi connectivity index (χ3n) is 4.50. The largest absolute Gasteiger partial charge is 0.451 e. The van der Waals surface area contributed by atoms with Gasteiger partial charge in [0.25, 0.3) is 0 Å². The zero-order chi connectivity index (χ0) is 20.5. The number of aromatic nitrogens is 3. The van der Waals surface area contributed by atoms with Gasteiger partial charge in [-0.15, -0.1) is 10.2 Å². The van der Waals surface area contributed by atoms with E-state index in [4.69, 9.17) is 5.73 Å². The predicted molar refractivity (Wildman–Crippen MR) is 87.7 cm³/mol. The quantitative estimate of drug-likeness (QED) is 0.795. The number of nitrogens with zero attached hydrogens (tertiary/aromatic N) is 4. The first-order chi connectivity index (χ1) is 13.1. The molecule has 2 N–H and O–H groups in total. The molecule has 0 saturated carbocycles. The molecule has 1 aliphatic rings. The molecular formula is C17H18F5N5O. The summed E-state index contributed by atoms with van der Waals surface area (Å²) in [5, 5.41) is 6.75. The number of amides is 1. The molecule has 1 aromatic carbocycles. The van der Waals surface area contributed by atoms with Crippen LogP contribution >= 0.6 is 0 Å². The van der Waals surface area contributed by atoms with Crippen molar-refractivity contribution in [2.45, 2.75) is 44.6 Å². The van der Waals surface area contributed by atoms with Crippen LogP contribution in [0.25, 0.3) is 0 Å². The minimum atomic E-state index is -4.62. The zero-order valence-electron chi connectivity index (χ0n) is 14.7. The highest BCUT2D eigenvalue weighted by Crippen LogP contribution is 2.29. The Kier molecular flexibility index (Phi) is 5.64. The summed E-state index contributed by atoms with van der Waals surface area (Å²) in [5.41, 5.74) is 5.97. The number of nitrogens with two attached hydrogens (primary N) is 1. The van der Waals surface area contributed by atoms with Crippen LogP contribution in [0, 0.1) is 11.6 Å². The summed E-state index contributed by atoms with van der Waals surface area (Å²) < 4.78 is 66.8. The molecule has 0 saturated heterocycles. The fourth-order valence-electron chi connectivity index (χ4n) is 3.19. The molecule has 1 atom stereocenters. The van der Waals surface area contributed by atoms with Gasteiger partial charge in [-0.2, -0.15) is 13.2 Å². The van der Waals surface area contributed by atoms with Gasteiger partial charge in [0.2, 0.25) is 11.7 Å². The van der Waals surface area contributed by atoms with E-state index in [9.17, 15) is 26.7 Å². The Morgan fingerprint density at radius 2 is 1.96 bits per heavy atom. The van der Waals surface area contributed by atoms with Crippen LogP contribution in [0.2, 0.25) is 0 Å². The lowest BCUT2D eigenvalue weighted by atomic mass is 10.0. The molecule has 0 spiro atoms. The van der Waals surface area contributed by atoms with Gasteiger partial charge in [-0.3, -0.25) is 4.79 Å². The second-order valence-electron chi connectivity index (χ2n) is 6.66. The first-order valence-electron chi connectivity index (χ1n) is 8.61. The smallest absolute Gasteiger partial charge is 0.335 e. The van der Waals surface area contributed by atoms with Gasteiger partial charge in [-0.05, 0) is 36.6 Å². The molecule has 1 aliphatic heterocycles. The van der Waals surface area contributed by atoms with E-state index in [1.54, 1.807) is 0 Å². The van der Waals surface area contributed by atoms with Gasteiger partial charge in [0.1, 0.15) is 11.6 Å². The summed E-state index contributed by atoms with van der Waals surface area (Å²) in [7, 11) is 0. The van der Waals surface area contributed by atoms with Gasteiger partial charge in [-0.25, -0.2) is 8.78 Å². The zero-order valence-corrected chi connectivity index (χ0v) is 14.7. The highest BCUT2D eigenvalue weighted by molar-refractivity contribution is 5.76. The molecule has 0 radical (unpaired) electrons. The molecule has 1 amide bonds. The van der Waals surface area contributed by atoms with Gasteiger partial charge in [0.15, 0.2) is 5.82 Å². The normalized spacial score (nSPS) is 15.9. The van der Waals surface area contributed by atoms with E-state index in [1.165, 1.54) is 4.90 Å². The van der Waals surface area contributed by atoms with Crippen molar-refractivity contribution in [2.24, 2.45) is 5.73 Å². The fourth-order valence-corrected chi connectivity index (χ4v) is 3.19. The number of benzene rings is 1. The second kappa shape index (κ2) is 7.82. The molecule has 2 heterocycles. The molecule has 28 heavy (non-hydrogen) atoms. The molecule has 0 fully saturated rings. The monoisotopic (exact) mass is 403 g/mol. The Bertz CT molecular complexity index is 866. The van der Waals surface area contributed by atoms with Crippen molar-refractivity contribution in [1.29, 1.82) is 0 Å². The molecular weight excluding hydrogens is 385 g/mol. The van der Waals surface area contributed by atoms with Crippen molar-refractivity contribution in [2.75, 3.05) is 6.54 Å². The summed E-state index contributed by atoms with van der Waals surface area (Å²) in [5.74, 6) is -2.67. The Hall–Kier alpha value is -2.56. The lowest BCUT2D eigenvalue weighted by Gasteiger charge is -2.21. The lowest BCUT2D eigenvalue weighted by molar-refractivity contribution is -0.147. The Morgan fingerprint density at radius 3 is 2.68 bits per heavy atom. The highest BCUT2D eigenvalue weighted by Gasteiger charge is 2.39. The van der Waals surface area contributed by atoms with Crippen molar-refractivity contribution in [3.63, 3.8) is 0 Å². The summed E-state index contributed by atoms with van der Waals surface area (Å²) in [6.45, 7) is 0.158. The Balaban J connectivity index is 1.66. The molecule has 0 aliphatic carbocycles. The van der Waals surface area contributed by atoms with Crippen molar-refractivity contribution in [3.05, 3.63) is 47.0 Å². The highest BCUT2D eigenvalue weighted by atomic mass is 19.4. The third-order valence-corrected chi connectivity index (χ3v) is 4.50. The molecule has 0 bridgehead atoms. The molecule has 11 heteroatoms.